The summed E-state index contributed by atoms with van der Waals surface area (Å²) in [4.78, 5) is 28.2. The van der Waals surface area contributed by atoms with Crippen LogP contribution in [0, 0.1) is 0 Å². The van der Waals surface area contributed by atoms with Gasteiger partial charge in [-0.25, -0.2) is 0 Å². The van der Waals surface area contributed by atoms with Crippen LogP contribution in [0.4, 0.5) is 0 Å². The number of benzene rings is 2. The van der Waals surface area contributed by atoms with Gasteiger partial charge in [-0.15, -0.1) is 0 Å². The first-order valence-corrected chi connectivity index (χ1v) is 8.85. The van der Waals surface area contributed by atoms with E-state index in [4.69, 9.17) is 9.26 Å². The van der Waals surface area contributed by atoms with E-state index in [0.29, 0.717) is 29.6 Å². The molecule has 2 amide bonds. The van der Waals surface area contributed by atoms with Crippen molar-refractivity contribution in [1.82, 2.24) is 21.0 Å². The zero-order chi connectivity index (χ0) is 19.8. The number of ether oxygens (including phenoxy) is 1. The van der Waals surface area contributed by atoms with Crippen molar-refractivity contribution in [2.45, 2.75) is 19.8 Å². The first kappa shape index (κ1) is 19.1. The van der Waals surface area contributed by atoms with Gasteiger partial charge >= 0.3 is 0 Å². The summed E-state index contributed by atoms with van der Waals surface area (Å²) in [6.07, 6.45) is 0.366. The van der Waals surface area contributed by atoms with E-state index in [-0.39, 0.29) is 18.7 Å². The monoisotopic (exact) mass is 380 g/mol. The van der Waals surface area contributed by atoms with Gasteiger partial charge in [0.15, 0.2) is 0 Å². The Kier molecular flexibility index (Phi) is 6.35. The van der Waals surface area contributed by atoms with Crippen LogP contribution >= 0.6 is 0 Å². The third-order valence-corrected chi connectivity index (χ3v) is 3.81. The molecule has 3 rings (SSSR count). The fourth-order valence-electron chi connectivity index (χ4n) is 2.41. The Balaban J connectivity index is 1.44. The second kappa shape index (κ2) is 9.31. The third kappa shape index (κ3) is 5.16. The standard InChI is InChI=1S/C20H20N4O4/c1-2-27-16-10-8-15(9-11-16)20(26)23-22-17(25)12-13-18-21-19(24-28-18)14-6-4-3-5-7-14/h3-11H,2,12-13H2,1H3,(H,22,25)(H,23,26). The fourth-order valence-corrected chi connectivity index (χ4v) is 2.41. The first-order valence-electron chi connectivity index (χ1n) is 8.85. The maximum absolute atomic E-state index is 12.0. The van der Waals surface area contributed by atoms with Crippen molar-refractivity contribution in [1.29, 1.82) is 0 Å². The van der Waals surface area contributed by atoms with E-state index in [2.05, 4.69) is 21.0 Å². The molecule has 8 nitrogen and oxygen atoms in total. The van der Waals surface area contributed by atoms with Crippen molar-refractivity contribution >= 4 is 11.8 Å². The predicted octanol–water partition coefficient (Wildman–Crippen LogP) is 2.53. The van der Waals surface area contributed by atoms with Crippen molar-refractivity contribution in [2.75, 3.05) is 6.61 Å². The minimum absolute atomic E-state index is 0.0972. The van der Waals surface area contributed by atoms with E-state index < -0.39 is 5.91 Å². The summed E-state index contributed by atoms with van der Waals surface area (Å²) < 4.78 is 10.5. The highest BCUT2D eigenvalue weighted by atomic mass is 16.5. The zero-order valence-electron chi connectivity index (χ0n) is 15.3. The zero-order valence-corrected chi connectivity index (χ0v) is 15.3. The third-order valence-electron chi connectivity index (χ3n) is 3.81. The number of nitrogens with zero attached hydrogens (tertiary/aromatic N) is 2. The van der Waals surface area contributed by atoms with Crippen LogP contribution in [0.2, 0.25) is 0 Å². The lowest BCUT2D eigenvalue weighted by Gasteiger charge is -2.07. The Morgan fingerprint density at radius 2 is 1.79 bits per heavy atom. The number of aromatic nitrogens is 2. The molecule has 144 valence electrons. The minimum atomic E-state index is -0.416. The number of hydrazine groups is 1. The van der Waals surface area contributed by atoms with Crippen molar-refractivity contribution in [2.24, 2.45) is 0 Å². The Labute approximate surface area is 161 Å². The molecular weight excluding hydrogens is 360 g/mol. The van der Waals surface area contributed by atoms with E-state index in [1.165, 1.54) is 0 Å². The molecule has 1 aromatic heterocycles. The van der Waals surface area contributed by atoms with Crippen LogP contribution in [0.5, 0.6) is 5.75 Å². The predicted molar refractivity (Wildman–Crippen MR) is 101 cm³/mol. The molecule has 0 radical (unpaired) electrons. The molecule has 2 aromatic carbocycles. The molecule has 0 unspecified atom stereocenters. The van der Waals surface area contributed by atoms with Crippen LogP contribution in [-0.2, 0) is 11.2 Å². The van der Waals surface area contributed by atoms with E-state index in [1.807, 2.05) is 37.3 Å². The number of amides is 2. The largest absolute Gasteiger partial charge is 0.494 e. The molecule has 0 atom stereocenters. The number of hydrogen-bond donors (Lipinski definition) is 2. The summed E-state index contributed by atoms with van der Waals surface area (Å²) in [7, 11) is 0. The van der Waals surface area contributed by atoms with Crippen LogP contribution < -0.4 is 15.6 Å². The SMILES string of the molecule is CCOc1ccc(C(=O)NNC(=O)CCc2nc(-c3ccccc3)no2)cc1. The molecule has 0 aliphatic heterocycles. The quantitative estimate of drug-likeness (QED) is 0.610. The van der Waals surface area contributed by atoms with Crippen LogP contribution in [0.1, 0.15) is 29.6 Å². The van der Waals surface area contributed by atoms with Gasteiger partial charge in [-0.05, 0) is 31.2 Å². The minimum Gasteiger partial charge on any atom is -0.494 e. The highest BCUT2D eigenvalue weighted by molar-refractivity contribution is 5.95. The van der Waals surface area contributed by atoms with Gasteiger partial charge < -0.3 is 9.26 Å². The van der Waals surface area contributed by atoms with Crippen molar-refractivity contribution in [3.63, 3.8) is 0 Å². The molecule has 8 heteroatoms. The van der Waals surface area contributed by atoms with Crippen molar-refractivity contribution in [3.8, 4) is 17.1 Å². The molecule has 3 aromatic rings. The fraction of sp³-hybridized carbons (Fsp3) is 0.200. The lowest BCUT2D eigenvalue weighted by atomic mass is 10.2. The summed E-state index contributed by atoms with van der Waals surface area (Å²) >= 11 is 0. The number of carbonyl (C=O) groups is 2. The summed E-state index contributed by atoms with van der Waals surface area (Å²) in [5.41, 5.74) is 5.99. The molecule has 0 bridgehead atoms. The molecule has 0 spiro atoms. The molecule has 0 fully saturated rings. The summed E-state index contributed by atoms with van der Waals surface area (Å²) in [6.45, 7) is 2.43. The number of aryl methyl sites for hydroxylation is 1. The maximum Gasteiger partial charge on any atom is 0.269 e. The summed E-state index contributed by atoms with van der Waals surface area (Å²) in [5.74, 6) is 0.725. The summed E-state index contributed by atoms with van der Waals surface area (Å²) in [5, 5.41) is 3.90. The highest BCUT2D eigenvalue weighted by Crippen LogP contribution is 2.15. The van der Waals surface area contributed by atoms with Gasteiger partial charge in [0, 0.05) is 24.0 Å². The topological polar surface area (TPSA) is 106 Å². The summed E-state index contributed by atoms with van der Waals surface area (Å²) in [6, 6.07) is 16.0. The van der Waals surface area contributed by atoms with Crippen LogP contribution in [-0.4, -0.2) is 28.6 Å². The average Bonchev–Trinajstić information content (AvgIpc) is 3.21. The van der Waals surface area contributed by atoms with Gasteiger partial charge in [0.05, 0.1) is 6.61 Å². The molecule has 2 N–H and O–H groups in total. The molecule has 0 saturated heterocycles. The number of nitrogens with one attached hydrogen (secondary N) is 2. The van der Waals surface area contributed by atoms with Gasteiger partial charge in [0.25, 0.3) is 5.91 Å². The van der Waals surface area contributed by atoms with E-state index in [9.17, 15) is 9.59 Å². The van der Waals surface area contributed by atoms with E-state index in [1.54, 1.807) is 24.3 Å². The lowest BCUT2D eigenvalue weighted by molar-refractivity contribution is -0.121. The van der Waals surface area contributed by atoms with Crippen LogP contribution in [0.3, 0.4) is 0 Å². The maximum atomic E-state index is 12.0. The Morgan fingerprint density at radius 1 is 1.04 bits per heavy atom. The molecule has 28 heavy (non-hydrogen) atoms. The average molecular weight is 380 g/mol. The normalized spacial score (nSPS) is 10.3. The van der Waals surface area contributed by atoms with E-state index >= 15 is 0 Å². The lowest BCUT2D eigenvalue weighted by Crippen LogP contribution is -2.41. The smallest absolute Gasteiger partial charge is 0.269 e. The first-order chi connectivity index (χ1) is 13.7. The molecule has 1 heterocycles. The Hall–Kier alpha value is -3.68. The van der Waals surface area contributed by atoms with Crippen LogP contribution in [0.15, 0.2) is 59.1 Å². The number of carbonyl (C=O) groups excluding carboxylic acids is 2. The van der Waals surface area contributed by atoms with Gasteiger partial charge in [-0.3, -0.25) is 20.4 Å². The molecule has 0 aliphatic rings. The Bertz CT molecular complexity index is 923. The van der Waals surface area contributed by atoms with Crippen molar-refractivity contribution in [3.05, 3.63) is 66.1 Å². The van der Waals surface area contributed by atoms with Crippen molar-refractivity contribution < 1.29 is 18.8 Å². The number of hydrogen-bond acceptors (Lipinski definition) is 6. The van der Waals surface area contributed by atoms with Gasteiger partial charge in [-0.1, -0.05) is 35.5 Å². The second-order valence-electron chi connectivity index (χ2n) is 5.84. The van der Waals surface area contributed by atoms with Crippen LogP contribution in [0.25, 0.3) is 11.4 Å². The second-order valence-corrected chi connectivity index (χ2v) is 5.84. The van der Waals surface area contributed by atoms with Gasteiger partial charge in [-0.2, -0.15) is 4.98 Å². The number of rotatable bonds is 7. The van der Waals surface area contributed by atoms with Gasteiger partial charge in [0.2, 0.25) is 17.6 Å². The highest BCUT2D eigenvalue weighted by Gasteiger charge is 2.12. The van der Waals surface area contributed by atoms with E-state index in [0.717, 1.165) is 5.56 Å². The molecule has 0 aliphatic carbocycles. The van der Waals surface area contributed by atoms with Gasteiger partial charge in [0.1, 0.15) is 5.75 Å². The molecular formula is C20H20N4O4. The molecule has 0 saturated carbocycles. The Morgan fingerprint density at radius 3 is 2.50 bits per heavy atom.